The smallest absolute Gasteiger partial charge is 0.0758 e. The number of fused-ring (bicyclic) bond motifs is 1. The van der Waals surface area contributed by atoms with Crippen LogP contribution in [0, 0.1) is 0 Å². The van der Waals surface area contributed by atoms with E-state index in [-0.39, 0.29) is 11.6 Å². The summed E-state index contributed by atoms with van der Waals surface area (Å²) >= 11 is 0. The Bertz CT molecular complexity index is 575. The molecule has 2 heterocycles. The number of pyridine rings is 1. The van der Waals surface area contributed by atoms with Crippen LogP contribution in [0.15, 0.2) is 48.7 Å². The van der Waals surface area contributed by atoms with E-state index in [4.69, 9.17) is 0 Å². The first kappa shape index (κ1) is 12.4. The molecule has 2 nitrogen and oxygen atoms in total. The second kappa shape index (κ2) is 4.46. The maximum absolute atomic E-state index is 4.53. The topological polar surface area (TPSA) is 24.9 Å². The predicted octanol–water partition coefficient (Wildman–Crippen LogP) is 3.66. The lowest BCUT2D eigenvalue weighted by Crippen LogP contribution is -2.50. The number of rotatable bonds is 1. The molecule has 1 aliphatic heterocycles. The Balaban J connectivity index is 2.14. The molecule has 3 rings (SSSR count). The summed E-state index contributed by atoms with van der Waals surface area (Å²) in [6.07, 6.45) is 1.87. The van der Waals surface area contributed by atoms with E-state index in [1.807, 2.05) is 12.3 Å². The molecule has 2 aromatic rings. The van der Waals surface area contributed by atoms with Crippen LogP contribution in [0.3, 0.4) is 0 Å². The third kappa shape index (κ3) is 2.06. The summed E-state index contributed by atoms with van der Waals surface area (Å²) in [7, 11) is 0. The van der Waals surface area contributed by atoms with Gasteiger partial charge in [-0.05, 0) is 43.0 Å². The minimum atomic E-state index is 0.0660. The fourth-order valence-electron chi connectivity index (χ4n) is 2.91. The Labute approximate surface area is 114 Å². The molecule has 98 valence electrons. The molecule has 0 saturated carbocycles. The van der Waals surface area contributed by atoms with Crippen molar-refractivity contribution in [2.24, 2.45) is 0 Å². The molecule has 0 fully saturated rings. The Morgan fingerprint density at radius 2 is 1.68 bits per heavy atom. The lowest BCUT2D eigenvalue weighted by atomic mass is 9.75. The van der Waals surface area contributed by atoms with Crippen molar-refractivity contribution in [3.63, 3.8) is 0 Å². The van der Waals surface area contributed by atoms with Crippen LogP contribution in [-0.4, -0.2) is 10.5 Å². The summed E-state index contributed by atoms with van der Waals surface area (Å²) in [6, 6.07) is 15.0. The molecule has 0 bridgehead atoms. The van der Waals surface area contributed by atoms with Gasteiger partial charge in [0, 0.05) is 11.7 Å². The third-order valence-corrected chi connectivity index (χ3v) is 4.36. The van der Waals surface area contributed by atoms with E-state index in [2.05, 4.69) is 67.5 Å². The van der Waals surface area contributed by atoms with Gasteiger partial charge in [-0.1, -0.05) is 37.3 Å². The second-order valence-electron chi connectivity index (χ2n) is 5.90. The van der Waals surface area contributed by atoms with Crippen molar-refractivity contribution in [2.45, 2.75) is 38.3 Å². The fraction of sp³-hybridized carbons (Fsp3) is 0.353. The second-order valence-corrected chi connectivity index (χ2v) is 5.90. The number of nitrogens with one attached hydrogen (secondary N) is 1. The number of nitrogens with zero attached hydrogens (tertiary/aromatic N) is 1. The van der Waals surface area contributed by atoms with Gasteiger partial charge in [0.15, 0.2) is 0 Å². The summed E-state index contributed by atoms with van der Waals surface area (Å²) < 4.78 is 0. The van der Waals surface area contributed by atoms with Gasteiger partial charge in [-0.2, -0.15) is 0 Å². The third-order valence-electron chi connectivity index (χ3n) is 4.36. The van der Waals surface area contributed by atoms with Crippen molar-refractivity contribution in [2.75, 3.05) is 0 Å². The van der Waals surface area contributed by atoms with Gasteiger partial charge in [0.05, 0.1) is 11.7 Å². The van der Waals surface area contributed by atoms with Crippen molar-refractivity contribution in [3.05, 3.63) is 65.5 Å². The van der Waals surface area contributed by atoms with Crippen LogP contribution in [0.25, 0.3) is 0 Å². The van der Waals surface area contributed by atoms with Crippen LogP contribution in [0.5, 0.6) is 0 Å². The summed E-state index contributed by atoms with van der Waals surface area (Å²) in [5.74, 6) is 0.490. The van der Waals surface area contributed by atoms with Gasteiger partial charge in [0.25, 0.3) is 0 Å². The van der Waals surface area contributed by atoms with Crippen LogP contribution in [0.1, 0.15) is 49.6 Å². The highest BCUT2D eigenvalue weighted by atomic mass is 15.0. The number of hydrogen-bond acceptors (Lipinski definition) is 2. The van der Waals surface area contributed by atoms with Gasteiger partial charge in [-0.25, -0.2) is 0 Å². The Morgan fingerprint density at radius 3 is 2.37 bits per heavy atom. The Hall–Kier alpha value is -1.67. The maximum Gasteiger partial charge on any atom is 0.0758 e. The van der Waals surface area contributed by atoms with Crippen LogP contribution >= 0.6 is 0 Å². The first-order valence-corrected chi connectivity index (χ1v) is 6.87. The van der Waals surface area contributed by atoms with Crippen molar-refractivity contribution < 1.29 is 0 Å². The van der Waals surface area contributed by atoms with Gasteiger partial charge in [-0.15, -0.1) is 0 Å². The summed E-state index contributed by atoms with van der Waals surface area (Å²) in [6.45, 7) is 6.83. The van der Waals surface area contributed by atoms with Gasteiger partial charge in [0.1, 0.15) is 0 Å². The van der Waals surface area contributed by atoms with Gasteiger partial charge in [-0.3, -0.25) is 10.3 Å². The average Bonchev–Trinajstić information content (AvgIpc) is 2.44. The first-order valence-electron chi connectivity index (χ1n) is 6.87. The fourth-order valence-corrected chi connectivity index (χ4v) is 2.91. The first-order chi connectivity index (χ1) is 9.09. The molecule has 0 amide bonds. The monoisotopic (exact) mass is 252 g/mol. The van der Waals surface area contributed by atoms with Crippen LogP contribution < -0.4 is 5.32 Å². The number of aromatic nitrogens is 1. The molecule has 1 aromatic carbocycles. The molecule has 19 heavy (non-hydrogen) atoms. The van der Waals surface area contributed by atoms with E-state index in [0.717, 1.165) is 5.69 Å². The standard InChI is InChI=1S/C17H20N2/c1-12-13-8-4-5-9-14(13)16(19-17(12,2)3)15-10-6-7-11-18-15/h4-12,16,19H,1-3H3. The molecule has 0 spiro atoms. The largest absolute Gasteiger partial charge is 0.299 e. The molecule has 1 aromatic heterocycles. The Kier molecular flexibility index (Phi) is 2.90. The van der Waals surface area contributed by atoms with Crippen molar-refractivity contribution in [1.29, 1.82) is 0 Å². The Morgan fingerprint density at radius 1 is 1.00 bits per heavy atom. The molecule has 0 saturated heterocycles. The van der Waals surface area contributed by atoms with Gasteiger partial charge in [0.2, 0.25) is 0 Å². The minimum Gasteiger partial charge on any atom is -0.299 e. The van der Waals surface area contributed by atoms with E-state index >= 15 is 0 Å². The predicted molar refractivity (Wildman–Crippen MR) is 78.2 cm³/mol. The van der Waals surface area contributed by atoms with E-state index in [1.165, 1.54) is 11.1 Å². The molecule has 2 unspecified atom stereocenters. The zero-order valence-electron chi connectivity index (χ0n) is 11.7. The van der Waals surface area contributed by atoms with Crippen LogP contribution in [-0.2, 0) is 0 Å². The van der Waals surface area contributed by atoms with Crippen molar-refractivity contribution in [3.8, 4) is 0 Å². The molecule has 0 radical (unpaired) electrons. The lowest BCUT2D eigenvalue weighted by Gasteiger charge is -2.43. The SMILES string of the molecule is CC1c2ccccc2C(c2ccccn2)NC1(C)C. The molecule has 2 heteroatoms. The maximum atomic E-state index is 4.53. The molecule has 0 aliphatic carbocycles. The highest BCUT2D eigenvalue weighted by molar-refractivity contribution is 5.41. The summed E-state index contributed by atoms with van der Waals surface area (Å²) in [5, 5.41) is 3.75. The molecular formula is C17H20N2. The van der Waals surface area contributed by atoms with Crippen molar-refractivity contribution in [1.82, 2.24) is 10.3 Å². The zero-order valence-corrected chi connectivity index (χ0v) is 11.7. The highest BCUT2D eigenvalue weighted by Crippen LogP contribution is 2.40. The highest BCUT2D eigenvalue weighted by Gasteiger charge is 2.37. The van der Waals surface area contributed by atoms with E-state index in [9.17, 15) is 0 Å². The molecule has 1 aliphatic rings. The van der Waals surface area contributed by atoms with Crippen molar-refractivity contribution >= 4 is 0 Å². The molecule has 1 N–H and O–H groups in total. The molecule has 2 atom stereocenters. The summed E-state index contributed by atoms with van der Waals surface area (Å²) in [5.41, 5.74) is 3.95. The summed E-state index contributed by atoms with van der Waals surface area (Å²) in [4.78, 5) is 4.53. The van der Waals surface area contributed by atoms with E-state index in [0.29, 0.717) is 5.92 Å². The lowest BCUT2D eigenvalue weighted by molar-refractivity contribution is 0.283. The number of benzene rings is 1. The van der Waals surface area contributed by atoms with Gasteiger partial charge < -0.3 is 0 Å². The minimum absolute atomic E-state index is 0.0660. The van der Waals surface area contributed by atoms with E-state index in [1.54, 1.807) is 0 Å². The van der Waals surface area contributed by atoms with Crippen LogP contribution in [0.4, 0.5) is 0 Å². The normalized spacial score (nSPS) is 24.8. The van der Waals surface area contributed by atoms with Gasteiger partial charge >= 0.3 is 0 Å². The average molecular weight is 252 g/mol. The number of hydrogen-bond donors (Lipinski definition) is 1. The molecular weight excluding hydrogens is 232 g/mol. The zero-order chi connectivity index (χ0) is 13.5. The quantitative estimate of drug-likeness (QED) is 0.838. The van der Waals surface area contributed by atoms with Crippen LogP contribution in [0.2, 0.25) is 0 Å². The van der Waals surface area contributed by atoms with E-state index < -0.39 is 0 Å².